The fourth-order valence-corrected chi connectivity index (χ4v) is 3.86. The van der Waals surface area contributed by atoms with Gasteiger partial charge >= 0.3 is 0 Å². The summed E-state index contributed by atoms with van der Waals surface area (Å²) in [6.45, 7) is 0. The Labute approximate surface area is 118 Å². The van der Waals surface area contributed by atoms with E-state index in [-0.39, 0.29) is 20.6 Å². The van der Waals surface area contributed by atoms with Gasteiger partial charge in [0, 0.05) is 18.0 Å². The average molecular weight is 336 g/mol. The van der Waals surface area contributed by atoms with Crippen molar-refractivity contribution in [3.8, 4) is 0 Å². The zero-order valence-corrected chi connectivity index (χ0v) is 12.2. The molecule has 0 aliphatic carbocycles. The summed E-state index contributed by atoms with van der Waals surface area (Å²) in [5.74, 6) is 0. The zero-order chi connectivity index (χ0) is 13.0. The smallest absolute Gasteiger partial charge is 0.192 e. The predicted molar refractivity (Wildman–Crippen MR) is 71.2 cm³/mol. The number of benzene rings is 1. The molecule has 0 fully saturated rings. The first kappa shape index (κ1) is 13.4. The van der Waals surface area contributed by atoms with Crippen LogP contribution >= 0.6 is 46.6 Å². The highest BCUT2D eigenvalue weighted by Crippen LogP contribution is 2.48. The lowest BCUT2D eigenvalue weighted by atomic mass is 10.3. The molecule has 0 saturated carbocycles. The van der Waals surface area contributed by atoms with Gasteiger partial charge in [-0.3, -0.25) is 0 Å². The van der Waals surface area contributed by atoms with Gasteiger partial charge in [0.15, 0.2) is 15.5 Å². The van der Waals surface area contributed by atoms with Crippen LogP contribution in [-0.2, 0) is 9.84 Å². The number of rotatable bonds is 1. The van der Waals surface area contributed by atoms with Crippen LogP contribution in [0.3, 0.4) is 0 Å². The highest BCUT2D eigenvalue weighted by molar-refractivity contribution is 7.91. The van der Waals surface area contributed by atoms with Gasteiger partial charge in [0.25, 0.3) is 0 Å². The minimum Gasteiger partial charge on any atom is -0.350 e. The summed E-state index contributed by atoms with van der Waals surface area (Å²) < 4.78 is 24.5. The van der Waals surface area contributed by atoms with Crippen LogP contribution in [0.25, 0.3) is 0 Å². The van der Waals surface area contributed by atoms with Gasteiger partial charge in [-0.15, -0.1) is 0 Å². The van der Waals surface area contributed by atoms with Crippen molar-refractivity contribution in [2.75, 3.05) is 16.0 Å². The van der Waals surface area contributed by atoms with Crippen LogP contribution in [0, 0.1) is 0 Å². The summed E-state index contributed by atoms with van der Waals surface area (Å²) in [6.07, 6.45) is 1.02. The molecule has 9 heteroatoms. The molecule has 0 spiro atoms. The molecule has 1 aromatic carbocycles. The summed E-state index contributed by atoms with van der Waals surface area (Å²) in [4.78, 5) is -0.132. The van der Waals surface area contributed by atoms with Gasteiger partial charge in [0.1, 0.15) is 4.90 Å². The van der Waals surface area contributed by atoms with Gasteiger partial charge in [0.05, 0.1) is 21.4 Å². The number of hydrogen-bond acceptors (Lipinski definition) is 4. The molecule has 1 unspecified atom stereocenters. The number of nitrogens with zero attached hydrogens (tertiary/aromatic N) is 1. The Kier molecular flexibility index (Phi) is 3.34. The van der Waals surface area contributed by atoms with E-state index in [0.717, 1.165) is 10.7 Å². The molecular formula is C8H6Cl4N2O2S. The molecule has 0 saturated heterocycles. The number of hydrogen-bond donors (Lipinski definition) is 1. The van der Waals surface area contributed by atoms with E-state index >= 15 is 0 Å². The summed E-state index contributed by atoms with van der Waals surface area (Å²) >= 11 is 23.5. The maximum atomic E-state index is 11.7. The van der Waals surface area contributed by atoms with Crippen molar-refractivity contribution < 1.29 is 8.42 Å². The van der Waals surface area contributed by atoms with Gasteiger partial charge < -0.3 is 5.32 Å². The second-order valence-corrected chi connectivity index (χ2v) is 6.98. The molecule has 1 aliphatic heterocycles. The van der Waals surface area contributed by atoms with E-state index < -0.39 is 15.5 Å². The van der Waals surface area contributed by atoms with Gasteiger partial charge in [0.2, 0.25) is 0 Å². The third-order valence-corrected chi connectivity index (χ3v) is 5.02. The molecule has 2 rings (SSSR count). The Morgan fingerprint density at radius 3 is 2.53 bits per heavy atom. The van der Waals surface area contributed by atoms with Crippen LogP contribution in [0.15, 0.2) is 11.0 Å². The molecule has 0 amide bonds. The molecule has 0 radical (unpaired) electrons. The number of alkyl halides is 1. The van der Waals surface area contributed by atoms with E-state index in [0.29, 0.717) is 5.69 Å². The molecule has 1 aromatic rings. The van der Waals surface area contributed by atoms with E-state index in [4.69, 9.17) is 46.6 Å². The van der Waals surface area contributed by atoms with Crippen molar-refractivity contribution in [1.82, 2.24) is 0 Å². The topological polar surface area (TPSA) is 49.4 Å². The molecule has 1 heterocycles. The van der Waals surface area contributed by atoms with Crippen molar-refractivity contribution in [3.05, 3.63) is 16.1 Å². The van der Waals surface area contributed by atoms with Gasteiger partial charge in [-0.05, 0) is 6.07 Å². The molecule has 4 nitrogen and oxygen atoms in total. The molecule has 0 bridgehead atoms. The van der Waals surface area contributed by atoms with Crippen molar-refractivity contribution in [2.24, 2.45) is 0 Å². The maximum absolute atomic E-state index is 11.7. The highest BCUT2D eigenvalue weighted by Gasteiger charge is 2.34. The predicted octanol–water partition coefficient (Wildman–Crippen LogP) is 3.31. The SMILES string of the molecule is CS(=O)(=O)c1c(Cl)c(Cl)cc2c1N(Cl)C(Cl)N2. The molecule has 94 valence electrons. The summed E-state index contributed by atoms with van der Waals surface area (Å²) in [5, 5.41) is 2.84. The number of anilines is 2. The van der Waals surface area contributed by atoms with Crippen LogP contribution in [-0.4, -0.2) is 20.3 Å². The minimum absolute atomic E-state index is 0.0638. The first-order valence-corrected chi connectivity index (χ1v) is 7.73. The normalized spacial score (nSPS) is 19.1. The second kappa shape index (κ2) is 4.24. The molecule has 0 aromatic heterocycles. The molecule has 17 heavy (non-hydrogen) atoms. The number of halogens is 4. The molecule has 1 aliphatic rings. The lowest BCUT2D eigenvalue weighted by molar-refractivity contribution is 0.602. The Morgan fingerprint density at radius 1 is 1.41 bits per heavy atom. The van der Waals surface area contributed by atoms with E-state index in [2.05, 4.69) is 5.32 Å². The Morgan fingerprint density at radius 2 is 2.00 bits per heavy atom. The Hall–Kier alpha value is -0.0700. The molecular weight excluding hydrogens is 330 g/mol. The number of fused-ring (bicyclic) bond motifs is 1. The molecule has 1 N–H and O–H groups in total. The second-order valence-electron chi connectivity index (χ2n) is 3.46. The summed E-state index contributed by atoms with van der Waals surface area (Å²) in [5.41, 5.74) is -0.125. The van der Waals surface area contributed by atoms with E-state index in [1.807, 2.05) is 0 Å². The van der Waals surface area contributed by atoms with Crippen LogP contribution in [0.2, 0.25) is 10.0 Å². The first-order valence-electron chi connectivity index (χ1n) is 4.31. The first-order chi connectivity index (χ1) is 7.73. The largest absolute Gasteiger partial charge is 0.350 e. The van der Waals surface area contributed by atoms with Crippen LogP contribution < -0.4 is 9.74 Å². The van der Waals surface area contributed by atoms with Crippen molar-refractivity contribution >= 4 is 67.8 Å². The van der Waals surface area contributed by atoms with Gasteiger partial charge in [-0.1, -0.05) is 34.8 Å². The van der Waals surface area contributed by atoms with Crippen molar-refractivity contribution in [3.63, 3.8) is 0 Å². The Bertz CT molecular complexity index is 590. The fourth-order valence-electron chi connectivity index (χ4n) is 1.55. The quantitative estimate of drug-likeness (QED) is 0.486. The number of nitrogens with one attached hydrogen (secondary N) is 1. The van der Waals surface area contributed by atoms with E-state index in [9.17, 15) is 8.42 Å². The Balaban J connectivity index is 2.84. The highest BCUT2D eigenvalue weighted by atomic mass is 35.5. The van der Waals surface area contributed by atoms with E-state index in [1.54, 1.807) is 0 Å². The monoisotopic (exact) mass is 334 g/mol. The van der Waals surface area contributed by atoms with Gasteiger partial charge in [-0.25, -0.2) is 12.8 Å². The zero-order valence-electron chi connectivity index (χ0n) is 8.34. The minimum atomic E-state index is -3.58. The van der Waals surface area contributed by atoms with Crippen LogP contribution in [0.5, 0.6) is 0 Å². The number of sulfone groups is 1. The lowest BCUT2D eigenvalue weighted by Crippen LogP contribution is -2.21. The summed E-state index contributed by atoms with van der Waals surface area (Å²) in [6, 6.07) is 1.48. The fraction of sp³-hybridized carbons (Fsp3) is 0.250. The average Bonchev–Trinajstić information content (AvgIpc) is 2.43. The van der Waals surface area contributed by atoms with Gasteiger partial charge in [-0.2, -0.15) is 0 Å². The maximum Gasteiger partial charge on any atom is 0.192 e. The third-order valence-electron chi connectivity index (χ3n) is 2.21. The lowest BCUT2D eigenvalue weighted by Gasteiger charge is -2.15. The van der Waals surface area contributed by atoms with Crippen LogP contribution in [0.1, 0.15) is 0 Å². The third kappa shape index (κ3) is 2.15. The molecule has 1 atom stereocenters. The van der Waals surface area contributed by atoms with E-state index in [1.165, 1.54) is 6.07 Å². The summed E-state index contributed by atoms with van der Waals surface area (Å²) in [7, 11) is -3.58. The van der Waals surface area contributed by atoms with Crippen molar-refractivity contribution in [1.29, 1.82) is 0 Å². The van der Waals surface area contributed by atoms with Crippen LogP contribution in [0.4, 0.5) is 11.4 Å². The standard InChI is InChI=1S/C8H6Cl4N2O2S/c1-17(15,16)7-5(10)3(9)2-4-6(7)14(12)8(11)13-4/h2,8,13H,1H3. The van der Waals surface area contributed by atoms with Crippen molar-refractivity contribution in [2.45, 2.75) is 10.5 Å².